The third-order valence-electron chi connectivity index (χ3n) is 17.6. The van der Waals surface area contributed by atoms with Crippen molar-refractivity contribution in [1.29, 1.82) is 0 Å². The molecule has 0 spiro atoms. The Hall–Kier alpha value is -7.16. The summed E-state index contributed by atoms with van der Waals surface area (Å²) in [7, 11) is 1.41. The number of fused-ring (bicyclic) bond motifs is 15. The first-order chi connectivity index (χ1) is 38.3. The van der Waals surface area contributed by atoms with Crippen molar-refractivity contribution in [1.82, 2.24) is 19.9 Å². The predicted octanol–water partition coefficient (Wildman–Crippen LogP) is 6.31. The molecule has 0 radical (unpaired) electrons. The van der Waals surface area contributed by atoms with Crippen LogP contribution in [0.4, 0.5) is 10.1 Å². The highest BCUT2D eigenvalue weighted by Gasteiger charge is 2.53. The SMILES string of the molecule is CO[C@H]1/C=C/O[C@@]2(C)Oc3c(C)c(O)c4c(c3C2=O)C(=O)C(N2CCC(NC(=O)C3CCN(c5c(F)cn6c(=O)c(C)cc(C7CC7)c6c5C)C3)CC2)=C(NC(=O)/C(C)=C\C=C\[C@H](C)[C@H](O)[C@@H](C)[C@@H](O)[C@@H](C)[C@H](OC(C)=O)[C@@H]1C)C4=O. The van der Waals surface area contributed by atoms with Crippen LogP contribution in [0.25, 0.3) is 5.52 Å². The third kappa shape index (κ3) is 10.7. The Morgan fingerprint density at radius 3 is 2.19 bits per heavy atom. The van der Waals surface area contributed by atoms with Crippen molar-refractivity contribution in [3.63, 3.8) is 0 Å². The summed E-state index contributed by atoms with van der Waals surface area (Å²) in [6.07, 6.45) is 7.45. The summed E-state index contributed by atoms with van der Waals surface area (Å²) in [5.74, 6) is -10.7. The molecule has 1 unspecified atom stereocenters. The average molecular weight is 1120 g/mol. The molecule has 2 amide bonds. The molecule has 2 aliphatic carbocycles. The molecule has 3 fully saturated rings. The third-order valence-corrected chi connectivity index (χ3v) is 17.6. The van der Waals surface area contributed by atoms with E-state index in [0.717, 1.165) is 24.7 Å². The molecule has 10 rings (SSSR count). The zero-order valence-corrected chi connectivity index (χ0v) is 47.8. The number of aromatic hydroxyl groups is 1. The largest absolute Gasteiger partial charge is 0.507 e. The number of aryl methyl sites for hydroxylation is 2. The molecule has 10 atom stereocenters. The number of anilines is 1. The van der Waals surface area contributed by atoms with Crippen molar-refractivity contribution in [2.45, 2.75) is 144 Å². The van der Waals surface area contributed by atoms with Crippen molar-refractivity contribution in [3.8, 4) is 11.5 Å². The van der Waals surface area contributed by atoms with E-state index >= 15 is 14.0 Å². The molecule has 3 aromatic rings. The summed E-state index contributed by atoms with van der Waals surface area (Å²) in [5, 5.41) is 40.8. The smallest absolute Gasteiger partial charge is 0.312 e. The maximum absolute atomic E-state index is 16.0. The molecule has 5 bridgehead atoms. The number of amides is 2. The highest BCUT2D eigenvalue weighted by molar-refractivity contribution is 6.32. The summed E-state index contributed by atoms with van der Waals surface area (Å²) >= 11 is 0. The van der Waals surface area contributed by atoms with Gasteiger partial charge in [-0.05, 0) is 89.0 Å². The van der Waals surface area contributed by atoms with E-state index in [0.29, 0.717) is 54.1 Å². The first-order valence-corrected chi connectivity index (χ1v) is 28.0. The Kier molecular flexibility index (Phi) is 16.4. The number of aromatic nitrogens is 1. The lowest BCUT2D eigenvalue weighted by Crippen LogP contribution is -2.49. The number of phenolic OH excluding ortho intramolecular Hbond substituents is 1. The Morgan fingerprint density at radius 1 is 0.852 bits per heavy atom. The second-order valence-electron chi connectivity index (χ2n) is 23.2. The molecule has 81 heavy (non-hydrogen) atoms. The van der Waals surface area contributed by atoms with Crippen LogP contribution < -0.4 is 25.8 Å². The maximum Gasteiger partial charge on any atom is 0.312 e. The van der Waals surface area contributed by atoms with Gasteiger partial charge in [0.1, 0.15) is 29.0 Å². The first kappa shape index (κ1) is 58.5. The van der Waals surface area contributed by atoms with Gasteiger partial charge < -0.3 is 54.7 Å². The van der Waals surface area contributed by atoms with Crippen LogP contribution in [-0.2, 0) is 28.6 Å². The molecule has 7 aliphatic rings. The number of methoxy groups -OCH3 is 1. The van der Waals surface area contributed by atoms with Crippen LogP contribution in [0.3, 0.4) is 0 Å². The molecular weight excluding hydrogens is 1050 g/mol. The van der Waals surface area contributed by atoms with Crippen molar-refractivity contribution in [2.24, 2.45) is 29.6 Å². The van der Waals surface area contributed by atoms with Gasteiger partial charge in [0.25, 0.3) is 17.2 Å². The number of halogens is 1. The number of pyridine rings is 2. The van der Waals surface area contributed by atoms with Crippen LogP contribution in [0.15, 0.2) is 64.6 Å². The van der Waals surface area contributed by atoms with Crippen LogP contribution in [0.1, 0.15) is 140 Å². The molecule has 5 N–H and O–H groups in total. The lowest BCUT2D eigenvalue weighted by atomic mass is 9.78. The van der Waals surface area contributed by atoms with E-state index in [1.807, 2.05) is 17.9 Å². The van der Waals surface area contributed by atoms with Crippen molar-refractivity contribution in [3.05, 3.63) is 115 Å². The van der Waals surface area contributed by atoms with E-state index < -0.39 is 117 Å². The molecule has 2 saturated heterocycles. The number of benzene rings is 1. The maximum atomic E-state index is 16.0. The molecule has 20 heteroatoms. The van der Waals surface area contributed by atoms with Crippen LogP contribution in [-0.4, -0.2) is 129 Å². The van der Waals surface area contributed by atoms with E-state index in [-0.39, 0.29) is 65.3 Å². The fourth-order valence-corrected chi connectivity index (χ4v) is 12.6. The number of aliphatic hydroxyl groups is 2. The van der Waals surface area contributed by atoms with E-state index in [4.69, 9.17) is 18.9 Å². The van der Waals surface area contributed by atoms with E-state index in [1.54, 1.807) is 51.7 Å². The van der Waals surface area contributed by atoms with E-state index in [1.165, 1.54) is 57.6 Å². The number of esters is 1. The number of piperidine rings is 1. The van der Waals surface area contributed by atoms with Crippen LogP contribution in [0.2, 0.25) is 0 Å². The molecule has 1 aromatic carbocycles. The minimum Gasteiger partial charge on any atom is -0.507 e. The van der Waals surface area contributed by atoms with Gasteiger partial charge in [0.2, 0.25) is 17.5 Å². The normalized spacial score (nSPS) is 30.2. The Labute approximate surface area is 469 Å². The predicted molar refractivity (Wildman–Crippen MR) is 296 cm³/mol. The lowest BCUT2D eigenvalue weighted by Gasteiger charge is -2.38. The molecule has 5 aliphatic heterocycles. The minimum absolute atomic E-state index is 0.0461. The highest BCUT2D eigenvalue weighted by Crippen LogP contribution is 2.50. The second-order valence-corrected chi connectivity index (χ2v) is 23.2. The van der Waals surface area contributed by atoms with Gasteiger partial charge in [-0.2, -0.15) is 0 Å². The van der Waals surface area contributed by atoms with Gasteiger partial charge in [-0.1, -0.05) is 45.9 Å². The summed E-state index contributed by atoms with van der Waals surface area (Å²) < 4.78 is 41.3. The monoisotopic (exact) mass is 1120 g/mol. The number of rotatable bonds is 7. The number of carbonyl (C=O) groups is 6. The van der Waals surface area contributed by atoms with Crippen molar-refractivity contribution >= 4 is 46.3 Å². The van der Waals surface area contributed by atoms with Crippen molar-refractivity contribution in [2.75, 3.05) is 38.2 Å². The van der Waals surface area contributed by atoms with Crippen LogP contribution >= 0.6 is 0 Å². The number of ketones is 3. The number of carbonyl (C=O) groups excluding carboxylic acids is 6. The lowest BCUT2D eigenvalue weighted by molar-refractivity contribution is -0.160. The molecule has 434 valence electrons. The van der Waals surface area contributed by atoms with Gasteiger partial charge in [-0.25, -0.2) is 4.39 Å². The molecule has 2 aromatic heterocycles. The Morgan fingerprint density at radius 2 is 1.53 bits per heavy atom. The topological polar surface area (TPSA) is 252 Å². The van der Waals surface area contributed by atoms with Crippen LogP contribution in [0.5, 0.6) is 11.5 Å². The quantitative estimate of drug-likeness (QED) is 0.163. The van der Waals surface area contributed by atoms with Crippen molar-refractivity contribution < 1.29 is 67.4 Å². The van der Waals surface area contributed by atoms with Gasteiger partial charge in [-0.3, -0.25) is 38.0 Å². The zero-order chi connectivity index (χ0) is 58.8. The number of nitrogens with one attached hydrogen (secondary N) is 2. The highest BCUT2D eigenvalue weighted by atomic mass is 19.1. The number of aliphatic hydroxyl groups excluding tert-OH is 2. The molecule has 1 saturated carbocycles. The Bertz CT molecular complexity index is 3310. The zero-order valence-electron chi connectivity index (χ0n) is 47.8. The average Bonchev–Trinajstić information content (AvgIpc) is 4.15. The molecule has 7 heterocycles. The summed E-state index contributed by atoms with van der Waals surface area (Å²) in [6, 6.07) is 1.53. The molecular formula is C61H74FN5O14. The summed E-state index contributed by atoms with van der Waals surface area (Å²) in [5.41, 5.74) is 1.14. The summed E-state index contributed by atoms with van der Waals surface area (Å²) in [6.45, 7) is 16.7. The number of hydrogen-bond donors (Lipinski definition) is 5. The van der Waals surface area contributed by atoms with Gasteiger partial charge in [0.15, 0.2) is 5.82 Å². The number of likely N-dealkylation sites (tertiary alicyclic amines) is 1. The minimum atomic E-state index is -2.16. The number of phenols is 1. The number of ether oxygens (including phenoxy) is 4. The standard InChI is InChI=1S/C61H74FN5O14/c1-28-13-12-14-29(2)58(75)64-46-49(65-22-18-39(19-23-65)63-59(76)38-17-21-66(26-38)48-32(5)47-40(37-15-16-37)25-30(3)60(77)67(47)27-41(48)62)54(73)43-44(53(46)72)52(71)35(8)56-45(43)57(74)61(10,81-56)79-24-20-42(78-11)31(4)55(80-36(9)68)34(7)51(70)33(6)50(28)69/h12-14,20,24-25,27-28,31,33-34,37-39,42,50-51,55,69-71H,15-19,21-23,26H2,1-11H3,(H,63,76)(H,64,75)/b13-12+,24-20+,29-14-/t28-,31+,33+,34+,38?,42-,50-,51+,55+,61-/m0/s1. The van der Waals surface area contributed by atoms with E-state index in [2.05, 4.69) is 10.6 Å². The number of allylic oxidation sites excluding steroid dienone is 4. The van der Waals surface area contributed by atoms with Gasteiger partial charge >= 0.3 is 11.8 Å². The fourth-order valence-electron chi connectivity index (χ4n) is 12.6. The fraction of sp³-hybridized carbons (Fsp3) is 0.525. The van der Waals surface area contributed by atoms with Crippen LogP contribution in [0, 0.1) is 56.2 Å². The van der Waals surface area contributed by atoms with Gasteiger partial charge in [0, 0.05) is 93.5 Å². The van der Waals surface area contributed by atoms with Gasteiger partial charge in [0.05, 0.1) is 64.6 Å². The van der Waals surface area contributed by atoms with E-state index in [9.17, 15) is 39.3 Å². The number of nitrogens with zero attached hydrogens (tertiary/aromatic N) is 3. The molecule has 19 nitrogen and oxygen atoms in total. The first-order valence-electron chi connectivity index (χ1n) is 28.0. The van der Waals surface area contributed by atoms with Gasteiger partial charge in [-0.15, -0.1) is 0 Å². The number of hydrogen-bond acceptors (Lipinski definition) is 16. The Balaban J connectivity index is 1.00. The second kappa shape index (κ2) is 22.6. The number of Topliss-reactive ketones (excluding diaryl/α,β-unsaturated/α-hetero) is 3. The summed E-state index contributed by atoms with van der Waals surface area (Å²) in [4.78, 5) is 102.